The van der Waals surface area contributed by atoms with Crippen LogP contribution in [0.2, 0.25) is 0 Å². The van der Waals surface area contributed by atoms with Crippen molar-refractivity contribution in [3.05, 3.63) is 132 Å². The molecule has 0 N–H and O–H groups in total. The fraction of sp³-hybridized carbons (Fsp3) is 0. The molecule has 3 nitrogen and oxygen atoms in total. The van der Waals surface area contributed by atoms with Gasteiger partial charge in [-0.2, -0.15) is 10.5 Å². The summed E-state index contributed by atoms with van der Waals surface area (Å²) in [5.41, 5.74) is 8.46. The number of hydrogen-bond acceptors (Lipinski definition) is 4. The van der Waals surface area contributed by atoms with Crippen molar-refractivity contribution >= 4 is 53.4 Å². The van der Waals surface area contributed by atoms with E-state index in [0.717, 1.165) is 55.3 Å². The van der Waals surface area contributed by atoms with E-state index in [2.05, 4.69) is 97.1 Å². The predicted octanol–water partition coefficient (Wildman–Crippen LogP) is 10.7. The summed E-state index contributed by atoms with van der Waals surface area (Å²) in [7, 11) is 0. The monoisotopic (exact) mass is 552 g/mol. The molecular weight excluding hydrogens is 532 g/mol. The van der Waals surface area contributed by atoms with Gasteiger partial charge in [-0.15, -0.1) is 11.3 Å². The first kappa shape index (κ1) is 24.1. The lowest BCUT2D eigenvalue weighted by Crippen LogP contribution is -1.90. The molecule has 2 heterocycles. The zero-order valence-corrected chi connectivity index (χ0v) is 23.1. The van der Waals surface area contributed by atoms with Crippen LogP contribution >= 0.6 is 11.3 Å². The van der Waals surface area contributed by atoms with Gasteiger partial charge in [0.25, 0.3) is 0 Å². The molecule has 0 aliphatic carbocycles. The van der Waals surface area contributed by atoms with Crippen LogP contribution in [0.3, 0.4) is 0 Å². The molecule has 0 aliphatic heterocycles. The van der Waals surface area contributed by atoms with Gasteiger partial charge in [0.15, 0.2) is 0 Å². The Morgan fingerprint density at radius 2 is 1.19 bits per heavy atom. The van der Waals surface area contributed by atoms with E-state index in [1.54, 1.807) is 23.5 Å². The second-order valence-electron chi connectivity index (χ2n) is 10.3. The summed E-state index contributed by atoms with van der Waals surface area (Å²) in [6.07, 6.45) is 0. The largest absolute Gasteiger partial charge is 0.455 e. The number of benzene rings is 6. The summed E-state index contributed by atoms with van der Waals surface area (Å²) in [5, 5.41) is 24.3. The van der Waals surface area contributed by atoms with Crippen LogP contribution in [0.15, 0.2) is 126 Å². The van der Waals surface area contributed by atoms with Crippen LogP contribution in [0.5, 0.6) is 0 Å². The number of furan rings is 1. The van der Waals surface area contributed by atoms with Gasteiger partial charge in [0.05, 0.1) is 23.3 Å². The van der Waals surface area contributed by atoms with Gasteiger partial charge in [0, 0.05) is 42.1 Å². The molecule has 0 radical (unpaired) electrons. The lowest BCUT2D eigenvalue weighted by molar-refractivity contribution is 0.670. The van der Waals surface area contributed by atoms with Gasteiger partial charge in [-0.05, 0) is 70.8 Å². The van der Waals surface area contributed by atoms with E-state index in [-0.39, 0.29) is 0 Å². The second-order valence-corrected chi connectivity index (χ2v) is 11.4. The van der Waals surface area contributed by atoms with Crippen LogP contribution in [0.1, 0.15) is 11.1 Å². The van der Waals surface area contributed by atoms with Gasteiger partial charge < -0.3 is 4.42 Å². The molecule has 4 heteroatoms. The number of para-hydroxylation sites is 2. The Morgan fingerprint density at radius 3 is 2.00 bits per heavy atom. The number of rotatable bonds is 3. The Kier molecular flexibility index (Phi) is 5.44. The van der Waals surface area contributed by atoms with Gasteiger partial charge in [0.1, 0.15) is 11.2 Å². The van der Waals surface area contributed by atoms with Crippen molar-refractivity contribution in [3.63, 3.8) is 0 Å². The lowest BCUT2D eigenvalue weighted by atomic mass is 9.90. The summed E-state index contributed by atoms with van der Waals surface area (Å²) in [6, 6.07) is 45.6. The quantitative estimate of drug-likeness (QED) is 0.219. The normalized spacial score (nSPS) is 11.3. The zero-order valence-electron chi connectivity index (χ0n) is 22.3. The first-order valence-corrected chi connectivity index (χ1v) is 14.4. The average Bonchev–Trinajstić information content (AvgIpc) is 3.63. The van der Waals surface area contributed by atoms with Crippen molar-refractivity contribution in [2.45, 2.75) is 0 Å². The highest BCUT2D eigenvalue weighted by atomic mass is 32.1. The third-order valence-electron chi connectivity index (χ3n) is 7.94. The van der Waals surface area contributed by atoms with Crippen LogP contribution in [0, 0.1) is 22.7 Å². The van der Waals surface area contributed by atoms with Crippen LogP contribution in [-0.2, 0) is 0 Å². The minimum atomic E-state index is 0.516. The smallest absolute Gasteiger partial charge is 0.143 e. The molecule has 0 saturated carbocycles. The maximum Gasteiger partial charge on any atom is 0.143 e. The van der Waals surface area contributed by atoms with Crippen molar-refractivity contribution in [1.82, 2.24) is 0 Å². The predicted molar refractivity (Wildman–Crippen MR) is 172 cm³/mol. The summed E-state index contributed by atoms with van der Waals surface area (Å²) in [5.74, 6) is 0. The van der Waals surface area contributed by atoms with Crippen molar-refractivity contribution in [2.24, 2.45) is 0 Å². The van der Waals surface area contributed by atoms with E-state index in [9.17, 15) is 10.5 Å². The van der Waals surface area contributed by atoms with E-state index < -0.39 is 0 Å². The fourth-order valence-corrected chi connectivity index (χ4v) is 7.23. The third-order valence-corrected chi connectivity index (χ3v) is 9.16. The van der Waals surface area contributed by atoms with Crippen molar-refractivity contribution in [2.75, 3.05) is 0 Å². The molecule has 8 aromatic rings. The van der Waals surface area contributed by atoms with E-state index in [1.807, 2.05) is 24.3 Å². The Bertz CT molecular complexity index is 2320. The van der Waals surface area contributed by atoms with E-state index in [4.69, 9.17) is 4.42 Å². The van der Waals surface area contributed by atoms with E-state index in [1.165, 1.54) is 20.2 Å². The number of nitrogens with zero attached hydrogens (tertiary/aromatic N) is 2. The molecule has 194 valence electrons. The number of hydrogen-bond donors (Lipinski definition) is 0. The standard InChI is InChI=1S/C38H20N2OS/c39-21-23-15-16-24(22-40)34(17-23)27-19-25(28-9-5-11-32-30-7-1-3-13-35(30)41-37(28)32)18-26(20-27)29-10-6-12-33-31-8-2-4-14-36(31)42-38(29)33/h1-20H. The zero-order chi connectivity index (χ0) is 28.2. The SMILES string of the molecule is N#Cc1ccc(C#N)c(-c2cc(-c3cccc4c3oc3ccccc34)cc(-c3cccc4c3sc3ccccc34)c2)c1. The molecule has 0 saturated heterocycles. The Balaban J connectivity index is 1.45. The van der Waals surface area contributed by atoms with Gasteiger partial charge in [-0.1, -0.05) is 72.8 Å². The molecule has 0 amide bonds. The highest BCUT2D eigenvalue weighted by Gasteiger charge is 2.17. The summed E-state index contributed by atoms with van der Waals surface area (Å²) in [6.45, 7) is 0. The Labute approximate surface area is 245 Å². The molecule has 0 bridgehead atoms. The van der Waals surface area contributed by atoms with Crippen LogP contribution in [-0.4, -0.2) is 0 Å². The molecule has 42 heavy (non-hydrogen) atoms. The first-order valence-electron chi connectivity index (χ1n) is 13.6. The van der Waals surface area contributed by atoms with Gasteiger partial charge in [-0.25, -0.2) is 0 Å². The molecule has 0 unspecified atom stereocenters. The first-order chi connectivity index (χ1) is 20.7. The van der Waals surface area contributed by atoms with Gasteiger partial charge in [-0.3, -0.25) is 0 Å². The van der Waals surface area contributed by atoms with Crippen LogP contribution < -0.4 is 0 Å². The van der Waals surface area contributed by atoms with Crippen molar-refractivity contribution in [1.29, 1.82) is 10.5 Å². The van der Waals surface area contributed by atoms with E-state index >= 15 is 0 Å². The Morgan fingerprint density at radius 1 is 0.524 bits per heavy atom. The second kappa shape index (κ2) is 9.46. The minimum absolute atomic E-state index is 0.516. The van der Waals surface area contributed by atoms with Crippen LogP contribution in [0.4, 0.5) is 0 Å². The van der Waals surface area contributed by atoms with Crippen LogP contribution in [0.25, 0.3) is 75.5 Å². The number of nitriles is 2. The molecule has 6 aromatic carbocycles. The Hall–Kier alpha value is -5.68. The summed E-state index contributed by atoms with van der Waals surface area (Å²) in [4.78, 5) is 0. The molecule has 2 aromatic heterocycles. The van der Waals surface area contributed by atoms with E-state index in [0.29, 0.717) is 11.1 Å². The molecular formula is C38H20N2OS. The number of thiophene rings is 1. The molecule has 0 aliphatic rings. The molecule has 0 fully saturated rings. The summed E-state index contributed by atoms with van der Waals surface area (Å²) >= 11 is 1.79. The number of fused-ring (bicyclic) bond motifs is 6. The third kappa shape index (κ3) is 3.71. The van der Waals surface area contributed by atoms with Gasteiger partial charge >= 0.3 is 0 Å². The average molecular weight is 553 g/mol. The lowest BCUT2D eigenvalue weighted by Gasteiger charge is -2.13. The van der Waals surface area contributed by atoms with Crippen molar-refractivity contribution in [3.8, 4) is 45.5 Å². The minimum Gasteiger partial charge on any atom is -0.455 e. The fourth-order valence-electron chi connectivity index (χ4n) is 5.99. The molecule has 0 atom stereocenters. The molecule has 8 rings (SSSR count). The topological polar surface area (TPSA) is 60.7 Å². The van der Waals surface area contributed by atoms with Gasteiger partial charge in [0.2, 0.25) is 0 Å². The molecule has 0 spiro atoms. The highest BCUT2D eigenvalue weighted by Crippen LogP contribution is 2.43. The maximum absolute atomic E-state index is 10.0. The van der Waals surface area contributed by atoms with Crippen molar-refractivity contribution < 1.29 is 4.42 Å². The summed E-state index contributed by atoms with van der Waals surface area (Å²) < 4.78 is 8.89. The highest BCUT2D eigenvalue weighted by molar-refractivity contribution is 7.26. The maximum atomic E-state index is 10.0.